The summed E-state index contributed by atoms with van der Waals surface area (Å²) in [5, 5.41) is 11.1. The summed E-state index contributed by atoms with van der Waals surface area (Å²) in [6.07, 6.45) is 5.14. The minimum atomic E-state index is -1.22. The first-order valence-electron chi connectivity index (χ1n) is 7.10. The Morgan fingerprint density at radius 1 is 1.25 bits per heavy atom. The summed E-state index contributed by atoms with van der Waals surface area (Å²) < 4.78 is 5.15. The molecule has 1 saturated heterocycles. The van der Waals surface area contributed by atoms with Gasteiger partial charge in [-0.3, -0.25) is 0 Å². The van der Waals surface area contributed by atoms with Gasteiger partial charge in [0.1, 0.15) is 18.9 Å². The number of ether oxygens (including phenoxy) is 1. The summed E-state index contributed by atoms with van der Waals surface area (Å²) in [6.45, 7) is 2.76. The van der Waals surface area contributed by atoms with Crippen LogP contribution in [0.3, 0.4) is 0 Å². The van der Waals surface area contributed by atoms with E-state index >= 15 is 0 Å². The molecular weight excluding hydrogens is 278 g/mol. The maximum absolute atomic E-state index is 10.4. The minimum Gasteiger partial charge on any atom is -0.546 e. The largest absolute Gasteiger partial charge is 0.546 e. The Hall–Kier alpha value is -1.26. The van der Waals surface area contributed by atoms with Gasteiger partial charge in [0.2, 0.25) is 0 Å². The molecular formula is C15H20ClNO3. The third-order valence-corrected chi connectivity index (χ3v) is 3.99. The van der Waals surface area contributed by atoms with E-state index in [0.29, 0.717) is 10.8 Å². The van der Waals surface area contributed by atoms with Crippen molar-refractivity contribution in [3.8, 4) is 5.75 Å². The standard InChI is InChI=1S/C15H20ClNO3/c16-14-6-5-13(20-11-15(18)19)9-12(14)10-17-7-3-1-2-4-8-17/h5-6,9H,1-4,7-8,10-11H2,(H,18,19). The molecule has 20 heavy (non-hydrogen) atoms. The van der Waals surface area contributed by atoms with Gasteiger partial charge in [-0.2, -0.15) is 0 Å². The summed E-state index contributed by atoms with van der Waals surface area (Å²) in [5.41, 5.74) is 1.01. The smallest absolute Gasteiger partial charge is 0.128 e. The second-order valence-corrected chi connectivity index (χ2v) is 5.66. The number of nitrogens with one attached hydrogen (secondary N) is 1. The van der Waals surface area contributed by atoms with E-state index in [-0.39, 0.29) is 0 Å². The van der Waals surface area contributed by atoms with Crippen LogP contribution in [-0.4, -0.2) is 25.7 Å². The van der Waals surface area contributed by atoms with Crippen molar-refractivity contribution in [1.82, 2.24) is 0 Å². The number of carbonyl (C=O) groups excluding carboxylic acids is 1. The molecule has 110 valence electrons. The Balaban J connectivity index is 2.01. The topological polar surface area (TPSA) is 53.8 Å². The van der Waals surface area contributed by atoms with Crippen LogP contribution in [-0.2, 0) is 11.3 Å². The van der Waals surface area contributed by atoms with Crippen molar-refractivity contribution < 1.29 is 19.5 Å². The average Bonchev–Trinajstić information content (AvgIpc) is 2.68. The molecule has 0 unspecified atom stereocenters. The van der Waals surface area contributed by atoms with Crippen molar-refractivity contribution in [2.75, 3.05) is 19.7 Å². The molecule has 2 rings (SSSR count). The normalized spacial score (nSPS) is 16.6. The van der Waals surface area contributed by atoms with Crippen LogP contribution >= 0.6 is 11.6 Å². The molecule has 0 saturated carbocycles. The van der Waals surface area contributed by atoms with Gasteiger partial charge in [0.05, 0.1) is 19.1 Å². The molecule has 5 heteroatoms. The molecule has 1 aliphatic heterocycles. The van der Waals surface area contributed by atoms with Gasteiger partial charge in [-0.15, -0.1) is 0 Å². The van der Waals surface area contributed by atoms with Gasteiger partial charge in [0, 0.05) is 10.6 Å². The van der Waals surface area contributed by atoms with Crippen LogP contribution < -0.4 is 14.7 Å². The number of quaternary nitrogens is 1. The number of carboxylic acid groups (broad SMARTS) is 1. The Morgan fingerprint density at radius 3 is 2.60 bits per heavy atom. The summed E-state index contributed by atoms with van der Waals surface area (Å²) in [6, 6.07) is 5.29. The molecule has 1 heterocycles. The number of aliphatic carboxylic acids is 1. The molecule has 1 aliphatic rings. The third kappa shape index (κ3) is 4.69. The van der Waals surface area contributed by atoms with E-state index in [1.54, 1.807) is 12.1 Å². The second-order valence-electron chi connectivity index (χ2n) is 5.25. The second kappa shape index (κ2) is 7.50. The van der Waals surface area contributed by atoms with Gasteiger partial charge < -0.3 is 19.5 Å². The van der Waals surface area contributed by atoms with Crippen molar-refractivity contribution in [2.24, 2.45) is 0 Å². The number of likely N-dealkylation sites (tertiary alicyclic amines) is 1. The van der Waals surface area contributed by atoms with Crippen LogP contribution in [0.5, 0.6) is 5.75 Å². The summed E-state index contributed by atoms with van der Waals surface area (Å²) >= 11 is 6.22. The average molecular weight is 298 g/mol. The number of benzene rings is 1. The van der Waals surface area contributed by atoms with Gasteiger partial charge in [-0.05, 0) is 43.9 Å². The number of carbonyl (C=O) groups is 1. The lowest BCUT2D eigenvalue weighted by atomic mass is 10.2. The van der Waals surface area contributed by atoms with Gasteiger partial charge in [0.25, 0.3) is 0 Å². The van der Waals surface area contributed by atoms with Crippen LogP contribution in [0.4, 0.5) is 0 Å². The van der Waals surface area contributed by atoms with E-state index < -0.39 is 12.6 Å². The Bertz CT molecular complexity index is 456. The van der Waals surface area contributed by atoms with Gasteiger partial charge in [-0.1, -0.05) is 11.6 Å². The fourth-order valence-corrected chi connectivity index (χ4v) is 2.78. The number of hydrogen-bond donors (Lipinski definition) is 1. The highest BCUT2D eigenvalue weighted by Crippen LogP contribution is 2.21. The highest BCUT2D eigenvalue weighted by molar-refractivity contribution is 6.31. The number of hydrogen-bond acceptors (Lipinski definition) is 3. The fraction of sp³-hybridized carbons (Fsp3) is 0.533. The first kappa shape index (κ1) is 15.1. The van der Waals surface area contributed by atoms with E-state index in [0.717, 1.165) is 12.1 Å². The zero-order valence-corrected chi connectivity index (χ0v) is 12.2. The maximum Gasteiger partial charge on any atom is 0.128 e. The maximum atomic E-state index is 10.4. The molecule has 0 aliphatic carbocycles. The Kier molecular flexibility index (Phi) is 5.68. The van der Waals surface area contributed by atoms with Gasteiger partial charge in [-0.25, -0.2) is 0 Å². The highest BCUT2D eigenvalue weighted by atomic mass is 35.5. The Labute approximate surface area is 124 Å². The zero-order valence-electron chi connectivity index (χ0n) is 11.5. The molecule has 1 aromatic rings. The predicted molar refractivity (Wildman–Crippen MR) is 74.8 cm³/mol. The van der Waals surface area contributed by atoms with E-state index in [4.69, 9.17) is 16.3 Å². The highest BCUT2D eigenvalue weighted by Gasteiger charge is 2.15. The van der Waals surface area contributed by atoms with Crippen molar-refractivity contribution in [1.29, 1.82) is 0 Å². The predicted octanol–water partition coefficient (Wildman–Crippen LogP) is 0.428. The van der Waals surface area contributed by atoms with Crippen molar-refractivity contribution in [2.45, 2.75) is 32.2 Å². The molecule has 0 aromatic heterocycles. The first-order valence-corrected chi connectivity index (χ1v) is 7.47. The molecule has 4 nitrogen and oxygen atoms in total. The van der Waals surface area contributed by atoms with Crippen LogP contribution in [0.2, 0.25) is 5.02 Å². The number of halogens is 1. The van der Waals surface area contributed by atoms with Crippen LogP contribution in [0.15, 0.2) is 18.2 Å². The SMILES string of the molecule is O=C([O-])COc1ccc(Cl)c(C[NH+]2CCCCCC2)c1. The van der Waals surface area contributed by atoms with Crippen LogP contribution in [0.25, 0.3) is 0 Å². The molecule has 0 bridgehead atoms. The molecule has 1 fully saturated rings. The molecule has 0 radical (unpaired) electrons. The van der Waals surface area contributed by atoms with Crippen LogP contribution in [0.1, 0.15) is 31.2 Å². The van der Waals surface area contributed by atoms with Crippen molar-refractivity contribution >= 4 is 17.6 Å². The van der Waals surface area contributed by atoms with E-state index in [9.17, 15) is 9.90 Å². The number of rotatable bonds is 5. The first-order chi connectivity index (χ1) is 9.65. The quantitative estimate of drug-likeness (QED) is 0.857. The summed E-state index contributed by atoms with van der Waals surface area (Å²) in [4.78, 5) is 11.9. The van der Waals surface area contributed by atoms with Crippen LogP contribution in [0, 0.1) is 0 Å². The third-order valence-electron chi connectivity index (χ3n) is 3.62. The summed E-state index contributed by atoms with van der Waals surface area (Å²) in [7, 11) is 0. The number of carboxylic acids is 1. The minimum absolute atomic E-state index is 0.433. The molecule has 0 atom stereocenters. The van der Waals surface area contributed by atoms with Gasteiger partial charge >= 0.3 is 0 Å². The lowest BCUT2D eigenvalue weighted by Gasteiger charge is -2.18. The molecule has 1 aromatic carbocycles. The van der Waals surface area contributed by atoms with Crippen molar-refractivity contribution in [3.63, 3.8) is 0 Å². The lowest BCUT2D eigenvalue weighted by Crippen LogP contribution is -3.10. The van der Waals surface area contributed by atoms with Gasteiger partial charge in [0.15, 0.2) is 0 Å². The lowest BCUT2D eigenvalue weighted by molar-refractivity contribution is -0.913. The van der Waals surface area contributed by atoms with E-state index in [1.165, 1.54) is 43.7 Å². The Morgan fingerprint density at radius 2 is 1.95 bits per heavy atom. The molecule has 0 spiro atoms. The van der Waals surface area contributed by atoms with E-state index in [1.807, 2.05) is 6.07 Å². The molecule has 0 amide bonds. The zero-order chi connectivity index (χ0) is 14.4. The molecule has 1 N–H and O–H groups in total. The van der Waals surface area contributed by atoms with Crippen molar-refractivity contribution in [3.05, 3.63) is 28.8 Å². The fourth-order valence-electron chi connectivity index (χ4n) is 2.59. The van der Waals surface area contributed by atoms with E-state index in [2.05, 4.69) is 0 Å². The monoisotopic (exact) mass is 297 g/mol. The summed E-state index contributed by atoms with van der Waals surface area (Å²) in [5.74, 6) is -0.692.